The van der Waals surface area contributed by atoms with Crippen LogP contribution < -0.4 is 5.32 Å². The van der Waals surface area contributed by atoms with E-state index in [9.17, 15) is 9.59 Å². The van der Waals surface area contributed by atoms with Crippen molar-refractivity contribution >= 4 is 23.6 Å². The number of hydrogen-bond donors (Lipinski definition) is 1. The molecule has 1 heterocycles. The highest BCUT2D eigenvalue weighted by atomic mass is 32.2. The second kappa shape index (κ2) is 5.05. The Balaban J connectivity index is 2.26. The van der Waals surface area contributed by atoms with Crippen LogP contribution in [0.5, 0.6) is 0 Å². The Hall–Kier alpha value is -0.970. The van der Waals surface area contributed by atoms with Crippen LogP contribution in [0.25, 0.3) is 0 Å². The van der Waals surface area contributed by atoms with Crippen molar-refractivity contribution in [2.45, 2.75) is 6.92 Å². The molecule has 0 aromatic carbocycles. The molecule has 14 heavy (non-hydrogen) atoms. The van der Waals surface area contributed by atoms with E-state index in [2.05, 4.69) is 11.9 Å². The van der Waals surface area contributed by atoms with Crippen molar-refractivity contribution in [3.8, 4) is 0 Å². The van der Waals surface area contributed by atoms with Crippen molar-refractivity contribution in [1.29, 1.82) is 0 Å². The maximum Gasteiger partial charge on any atom is 0.239 e. The van der Waals surface area contributed by atoms with E-state index in [0.717, 1.165) is 5.57 Å². The van der Waals surface area contributed by atoms with Gasteiger partial charge in [0.05, 0.1) is 11.6 Å². The Morgan fingerprint density at radius 2 is 2.43 bits per heavy atom. The van der Waals surface area contributed by atoms with Gasteiger partial charge in [0.1, 0.15) is 6.54 Å². The van der Waals surface area contributed by atoms with Crippen molar-refractivity contribution in [2.75, 3.05) is 24.7 Å². The van der Waals surface area contributed by atoms with E-state index in [1.54, 1.807) is 4.90 Å². The van der Waals surface area contributed by atoms with Crippen LogP contribution in [0.4, 0.5) is 0 Å². The summed E-state index contributed by atoms with van der Waals surface area (Å²) in [6.07, 6.45) is 0. The third kappa shape index (κ3) is 3.41. The summed E-state index contributed by atoms with van der Waals surface area (Å²) in [6, 6.07) is 0. The summed E-state index contributed by atoms with van der Waals surface area (Å²) in [4.78, 5) is 24.0. The number of carbonyl (C=O) groups is 2. The number of nitrogens with zero attached hydrogens (tertiary/aromatic N) is 1. The van der Waals surface area contributed by atoms with E-state index < -0.39 is 0 Å². The fraction of sp³-hybridized carbons (Fsp3) is 0.556. The molecular formula is C9H14N2O2S. The number of thioether (sulfide) groups is 1. The molecule has 1 aliphatic heterocycles. The third-order valence-corrected chi connectivity index (χ3v) is 2.69. The molecule has 1 fully saturated rings. The van der Waals surface area contributed by atoms with Crippen molar-refractivity contribution < 1.29 is 9.59 Å². The summed E-state index contributed by atoms with van der Waals surface area (Å²) >= 11 is 1.54. The Labute approximate surface area is 87.7 Å². The quantitative estimate of drug-likeness (QED) is 0.681. The molecule has 78 valence electrons. The summed E-state index contributed by atoms with van der Waals surface area (Å²) in [5, 5.41) is 2.69. The molecule has 0 aromatic rings. The highest BCUT2D eigenvalue weighted by molar-refractivity contribution is 8.00. The first kappa shape index (κ1) is 11.1. The van der Waals surface area contributed by atoms with Crippen molar-refractivity contribution in [3.63, 3.8) is 0 Å². The van der Waals surface area contributed by atoms with Crippen LogP contribution in [0.2, 0.25) is 0 Å². The van der Waals surface area contributed by atoms with Crippen LogP contribution in [0, 0.1) is 0 Å². The van der Waals surface area contributed by atoms with E-state index >= 15 is 0 Å². The van der Waals surface area contributed by atoms with E-state index in [1.165, 1.54) is 11.8 Å². The molecule has 5 heteroatoms. The first-order valence-electron chi connectivity index (χ1n) is 4.36. The lowest BCUT2D eigenvalue weighted by Gasteiger charge is -2.13. The Kier molecular flexibility index (Phi) is 4.00. The van der Waals surface area contributed by atoms with Gasteiger partial charge in [0.2, 0.25) is 11.8 Å². The predicted octanol–water partition coefficient (Wildman–Crippen LogP) is 0.212. The first-order valence-corrected chi connectivity index (χ1v) is 5.51. The lowest BCUT2D eigenvalue weighted by molar-refractivity contribution is -0.132. The van der Waals surface area contributed by atoms with Gasteiger partial charge in [-0.2, -0.15) is 0 Å². The SMILES string of the molecule is C=C(C)CNC(=O)CN1CSCC1=O. The third-order valence-electron chi connectivity index (χ3n) is 1.75. The molecule has 1 N–H and O–H groups in total. The number of amides is 2. The fourth-order valence-corrected chi connectivity index (χ4v) is 1.92. The lowest BCUT2D eigenvalue weighted by Crippen LogP contribution is -2.38. The molecule has 0 atom stereocenters. The molecule has 0 radical (unpaired) electrons. The van der Waals surface area contributed by atoms with E-state index in [1.807, 2.05) is 6.92 Å². The molecule has 1 saturated heterocycles. The second-order valence-electron chi connectivity index (χ2n) is 3.30. The smallest absolute Gasteiger partial charge is 0.239 e. The zero-order valence-electron chi connectivity index (χ0n) is 8.21. The van der Waals surface area contributed by atoms with Crippen LogP contribution in [-0.2, 0) is 9.59 Å². The highest BCUT2D eigenvalue weighted by Gasteiger charge is 2.22. The number of nitrogens with one attached hydrogen (secondary N) is 1. The zero-order chi connectivity index (χ0) is 10.6. The summed E-state index contributed by atoms with van der Waals surface area (Å²) in [7, 11) is 0. The van der Waals surface area contributed by atoms with E-state index in [-0.39, 0.29) is 18.4 Å². The maximum absolute atomic E-state index is 11.3. The van der Waals surface area contributed by atoms with Crippen molar-refractivity contribution in [1.82, 2.24) is 10.2 Å². The van der Waals surface area contributed by atoms with Crippen molar-refractivity contribution in [3.05, 3.63) is 12.2 Å². The van der Waals surface area contributed by atoms with Crippen LogP contribution in [0.3, 0.4) is 0 Å². The van der Waals surface area contributed by atoms with Crippen LogP contribution in [-0.4, -0.2) is 41.4 Å². The van der Waals surface area contributed by atoms with Crippen LogP contribution >= 0.6 is 11.8 Å². The monoisotopic (exact) mass is 214 g/mol. The Bertz CT molecular complexity index is 266. The van der Waals surface area contributed by atoms with Gasteiger partial charge in [0.25, 0.3) is 0 Å². The van der Waals surface area contributed by atoms with Gasteiger partial charge in [-0.15, -0.1) is 11.8 Å². The number of carbonyl (C=O) groups excluding carboxylic acids is 2. The molecule has 0 spiro atoms. The summed E-state index contributed by atoms with van der Waals surface area (Å²) in [6.45, 7) is 6.16. The van der Waals surface area contributed by atoms with E-state index in [0.29, 0.717) is 18.2 Å². The van der Waals surface area contributed by atoms with E-state index in [4.69, 9.17) is 0 Å². The summed E-state index contributed by atoms with van der Waals surface area (Å²) in [5.74, 6) is 1.04. The minimum absolute atomic E-state index is 0.0421. The average Bonchev–Trinajstić information content (AvgIpc) is 2.49. The normalized spacial score (nSPS) is 15.8. The first-order chi connectivity index (χ1) is 6.59. The van der Waals surface area contributed by atoms with Gasteiger partial charge in [-0.1, -0.05) is 12.2 Å². The number of hydrogen-bond acceptors (Lipinski definition) is 3. The van der Waals surface area contributed by atoms with Gasteiger partial charge in [-0.25, -0.2) is 0 Å². The standard InChI is InChI=1S/C9H14N2O2S/c1-7(2)3-10-8(12)4-11-6-14-5-9(11)13/h1,3-6H2,2H3,(H,10,12). The topological polar surface area (TPSA) is 49.4 Å². The van der Waals surface area contributed by atoms with Gasteiger partial charge in [0, 0.05) is 6.54 Å². The van der Waals surface area contributed by atoms with Crippen molar-refractivity contribution in [2.24, 2.45) is 0 Å². The molecule has 0 saturated carbocycles. The second-order valence-corrected chi connectivity index (χ2v) is 4.26. The van der Waals surface area contributed by atoms with Gasteiger partial charge in [0.15, 0.2) is 0 Å². The Morgan fingerprint density at radius 3 is 2.93 bits per heavy atom. The maximum atomic E-state index is 11.3. The molecule has 0 aliphatic carbocycles. The molecule has 0 unspecified atom stereocenters. The van der Waals surface area contributed by atoms with Crippen LogP contribution in [0.1, 0.15) is 6.92 Å². The minimum atomic E-state index is -0.121. The molecule has 2 amide bonds. The summed E-state index contributed by atoms with van der Waals surface area (Å²) < 4.78 is 0. The number of rotatable bonds is 4. The molecule has 4 nitrogen and oxygen atoms in total. The molecule has 1 aliphatic rings. The average molecular weight is 214 g/mol. The van der Waals surface area contributed by atoms with Crippen LogP contribution in [0.15, 0.2) is 12.2 Å². The molecule has 0 aromatic heterocycles. The Morgan fingerprint density at radius 1 is 1.71 bits per heavy atom. The summed E-state index contributed by atoms with van der Waals surface area (Å²) in [5.41, 5.74) is 0.903. The van der Waals surface area contributed by atoms with Gasteiger partial charge >= 0.3 is 0 Å². The fourth-order valence-electron chi connectivity index (χ4n) is 1.02. The van der Waals surface area contributed by atoms with Gasteiger partial charge in [-0.3, -0.25) is 9.59 Å². The minimum Gasteiger partial charge on any atom is -0.351 e. The molecule has 1 rings (SSSR count). The predicted molar refractivity (Wildman–Crippen MR) is 56.9 cm³/mol. The van der Waals surface area contributed by atoms with Gasteiger partial charge < -0.3 is 10.2 Å². The zero-order valence-corrected chi connectivity index (χ0v) is 9.02. The lowest BCUT2D eigenvalue weighted by atomic mass is 10.3. The largest absolute Gasteiger partial charge is 0.351 e. The highest BCUT2D eigenvalue weighted by Crippen LogP contribution is 2.13. The van der Waals surface area contributed by atoms with Gasteiger partial charge in [-0.05, 0) is 6.92 Å². The molecule has 0 bridgehead atoms. The molecular weight excluding hydrogens is 200 g/mol.